The van der Waals surface area contributed by atoms with Gasteiger partial charge in [-0.25, -0.2) is 4.39 Å². The summed E-state index contributed by atoms with van der Waals surface area (Å²) in [6.45, 7) is 2.17. The fourth-order valence-electron chi connectivity index (χ4n) is 2.07. The highest BCUT2D eigenvalue weighted by atomic mass is 79.9. The highest BCUT2D eigenvalue weighted by Gasteiger charge is 2.16. The van der Waals surface area contributed by atoms with Crippen molar-refractivity contribution in [1.82, 2.24) is 5.32 Å². The number of nitro groups is 1. The molecule has 0 amide bonds. The second-order valence-electron chi connectivity index (χ2n) is 4.65. The molecule has 2 rings (SSSR count). The molecule has 0 saturated heterocycles. The van der Waals surface area contributed by atoms with Crippen LogP contribution in [-0.4, -0.2) is 4.92 Å². The lowest BCUT2D eigenvalue weighted by atomic mass is 10.1. The van der Waals surface area contributed by atoms with E-state index in [0.29, 0.717) is 5.56 Å². The molecule has 0 spiro atoms. The van der Waals surface area contributed by atoms with Gasteiger partial charge in [-0.3, -0.25) is 10.1 Å². The minimum absolute atomic E-state index is 0.0246. The van der Waals surface area contributed by atoms with E-state index in [1.165, 1.54) is 12.1 Å². The normalized spacial score (nSPS) is 12.1. The van der Waals surface area contributed by atoms with E-state index in [9.17, 15) is 14.5 Å². The van der Waals surface area contributed by atoms with Crippen LogP contribution in [0.15, 0.2) is 46.9 Å². The molecule has 110 valence electrons. The number of halogens is 2. The van der Waals surface area contributed by atoms with Crippen molar-refractivity contribution in [3.05, 3.63) is 74.0 Å². The zero-order valence-electron chi connectivity index (χ0n) is 11.3. The summed E-state index contributed by atoms with van der Waals surface area (Å²) >= 11 is 3.46. The minimum Gasteiger partial charge on any atom is -0.306 e. The summed E-state index contributed by atoms with van der Waals surface area (Å²) in [5, 5.41) is 14.1. The van der Waals surface area contributed by atoms with Crippen LogP contribution in [0, 0.1) is 15.9 Å². The summed E-state index contributed by atoms with van der Waals surface area (Å²) in [5.41, 5.74) is 1.29. The van der Waals surface area contributed by atoms with Gasteiger partial charge in [0, 0.05) is 28.7 Å². The smallest absolute Gasteiger partial charge is 0.274 e. The Kier molecular flexibility index (Phi) is 5.03. The van der Waals surface area contributed by atoms with E-state index >= 15 is 0 Å². The summed E-state index contributed by atoms with van der Waals surface area (Å²) in [5.74, 6) is -0.481. The summed E-state index contributed by atoms with van der Waals surface area (Å²) < 4.78 is 14.2. The highest BCUT2D eigenvalue weighted by Crippen LogP contribution is 2.24. The van der Waals surface area contributed by atoms with Crippen LogP contribution in [0.3, 0.4) is 0 Å². The second kappa shape index (κ2) is 6.78. The number of nitrogens with one attached hydrogen (secondary N) is 1. The molecular weight excluding hydrogens is 339 g/mol. The second-order valence-corrected chi connectivity index (χ2v) is 5.51. The Balaban J connectivity index is 2.15. The van der Waals surface area contributed by atoms with Crippen LogP contribution < -0.4 is 5.32 Å². The van der Waals surface area contributed by atoms with Gasteiger partial charge in [-0.15, -0.1) is 0 Å². The van der Waals surface area contributed by atoms with Crippen molar-refractivity contribution >= 4 is 21.6 Å². The largest absolute Gasteiger partial charge is 0.306 e. The van der Waals surface area contributed by atoms with Gasteiger partial charge in [-0.1, -0.05) is 34.1 Å². The summed E-state index contributed by atoms with van der Waals surface area (Å²) in [7, 11) is 0. The van der Waals surface area contributed by atoms with Gasteiger partial charge in [0.1, 0.15) is 5.82 Å². The van der Waals surface area contributed by atoms with Crippen molar-refractivity contribution in [2.24, 2.45) is 0 Å². The first-order valence-corrected chi connectivity index (χ1v) is 7.19. The molecule has 0 radical (unpaired) electrons. The highest BCUT2D eigenvalue weighted by molar-refractivity contribution is 9.10. The van der Waals surface area contributed by atoms with Crippen molar-refractivity contribution in [3.63, 3.8) is 0 Å². The summed E-state index contributed by atoms with van der Waals surface area (Å²) in [6, 6.07) is 11.2. The molecule has 0 heterocycles. The van der Waals surface area contributed by atoms with E-state index in [2.05, 4.69) is 21.2 Å². The van der Waals surface area contributed by atoms with E-state index < -0.39 is 10.7 Å². The molecule has 2 aromatic carbocycles. The molecular formula is C15H14BrFN2O2. The van der Waals surface area contributed by atoms with Gasteiger partial charge in [0.15, 0.2) is 0 Å². The first-order valence-electron chi connectivity index (χ1n) is 6.39. The molecule has 0 saturated carbocycles. The van der Waals surface area contributed by atoms with Crippen LogP contribution in [0.1, 0.15) is 24.1 Å². The lowest BCUT2D eigenvalue weighted by Crippen LogP contribution is -2.19. The summed E-state index contributed by atoms with van der Waals surface area (Å²) in [4.78, 5) is 10.4. The van der Waals surface area contributed by atoms with Gasteiger partial charge in [0.2, 0.25) is 0 Å². The van der Waals surface area contributed by atoms with Gasteiger partial charge in [-0.05, 0) is 30.7 Å². The first kappa shape index (κ1) is 15.6. The third kappa shape index (κ3) is 3.86. The molecule has 0 fully saturated rings. The van der Waals surface area contributed by atoms with Crippen LogP contribution >= 0.6 is 15.9 Å². The summed E-state index contributed by atoms with van der Waals surface area (Å²) in [6.07, 6.45) is 0. The lowest BCUT2D eigenvalue weighted by Gasteiger charge is -2.16. The molecule has 4 nitrogen and oxygen atoms in total. The third-order valence-electron chi connectivity index (χ3n) is 3.21. The predicted molar refractivity (Wildman–Crippen MR) is 82.5 cm³/mol. The van der Waals surface area contributed by atoms with Crippen LogP contribution in [0.2, 0.25) is 0 Å². The molecule has 1 atom stereocenters. The molecule has 0 aliphatic rings. The van der Waals surface area contributed by atoms with Gasteiger partial charge >= 0.3 is 0 Å². The maximum atomic E-state index is 13.3. The SMILES string of the molecule is C[C@@H](NCc1cc(F)ccc1[N+](=O)[O-])c1ccccc1Br. The number of hydrogen-bond acceptors (Lipinski definition) is 3. The lowest BCUT2D eigenvalue weighted by molar-refractivity contribution is -0.385. The number of nitro benzene ring substituents is 1. The topological polar surface area (TPSA) is 55.2 Å². The molecule has 21 heavy (non-hydrogen) atoms. The zero-order chi connectivity index (χ0) is 15.4. The first-order chi connectivity index (χ1) is 9.99. The molecule has 0 aliphatic carbocycles. The predicted octanol–water partition coefficient (Wildman–Crippen LogP) is 4.35. The number of nitrogens with zero attached hydrogens (tertiary/aromatic N) is 1. The van der Waals surface area contributed by atoms with E-state index in [1.54, 1.807) is 0 Å². The maximum Gasteiger partial charge on any atom is 0.274 e. The van der Waals surface area contributed by atoms with Crippen molar-refractivity contribution in [1.29, 1.82) is 0 Å². The van der Waals surface area contributed by atoms with Crippen LogP contribution in [0.5, 0.6) is 0 Å². The van der Waals surface area contributed by atoms with Crippen molar-refractivity contribution in [2.75, 3.05) is 0 Å². The Morgan fingerprint density at radius 3 is 2.71 bits per heavy atom. The standard InChI is InChI=1S/C15H14BrFN2O2/c1-10(13-4-2-3-5-14(13)16)18-9-11-8-12(17)6-7-15(11)19(20)21/h2-8,10,18H,9H2,1H3/t10-/m1/s1. The average Bonchev–Trinajstić information content (AvgIpc) is 2.45. The maximum absolute atomic E-state index is 13.3. The Morgan fingerprint density at radius 2 is 2.05 bits per heavy atom. The molecule has 6 heteroatoms. The van der Waals surface area contributed by atoms with Crippen LogP contribution in [0.4, 0.5) is 10.1 Å². The quantitative estimate of drug-likeness (QED) is 0.642. The average molecular weight is 353 g/mol. The van der Waals surface area contributed by atoms with Gasteiger partial charge in [-0.2, -0.15) is 0 Å². The molecule has 1 N–H and O–H groups in total. The Bertz CT molecular complexity index is 664. The molecule has 0 bridgehead atoms. The Labute approximate surface area is 130 Å². The zero-order valence-corrected chi connectivity index (χ0v) is 12.9. The molecule has 0 unspecified atom stereocenters. The fraction of sp³-hybridized carbons (Fsp3) is 0.200. The Hall–Kier alpha value is -1.79. The van der Waals surface area contributed by atoms with Crippen LogP contribution in [-0.2, 0) is 6.54 Å². The number of hydrogen-bond donors (Lipinski definition) is 1. The fourth-order valence-corrected chi connectivity index (χ4v) is 2.70. The monoisotopic (exact) mass is 352 g/mol. The molecule has 0 aliphatic heterocycles. The number of benzene rings is 2. The van der Waals surface area contributed by atoms with Gasteiger partial charge in [0.05, 0.1) is 4.92 Å². The van der Waals surface area contributed by atoms with Gasteiger partial charge in [0.25, 0.3) is 5.69 Å². The van der Waals surface area contributed by atoms with Crippen molar-refractivity contribution in [3.8, 4) is 0 Å². The van der Waals surface area contributed by atoms with E-state index in [0.717, 1.165) is 16.1 Å². The molecule has 0 aromatic heterocycles. The van der Waals surface area contributed by atoms with E-state index in [4.69, 9.17) is 0 Å². The van der Waals surface area contributed by atoms with E-state index in [1.807, 2.05) is 31.2 Å². The van der Waals surface area contributed by atoms with Crippen molar-refractivity contribution < 1.29 is 9.31 Å². The van der Waals surface area contributed by atoms with Gasteiger partial charge < -0.3 is 5.32 Å². The minimum atomic E-state index is -0.500. The third-order valence-corrected chi connectivity index (χ3v) is 3.93. The van der Waals surface area contributed by atoms with Crippen LogP contribution in [0.25, 0.3) is 0 Å². The Morgan fingerprint density at radius 1 is 1.33 bits per heavy atom. The van der Waals surface area contributed by atoms with E-state index in [-0.39, 0.29) is 18.3 Å². The van der Waals surface area contributed by atoms with Crippen molar-refractivity contribution in [2.45, 2.75) is 19.5 Å². The number of rotatable bonds is 5. The molecule has 2 aromatic rings.